The Bertz CT molecular complexity index is 675. The number of amides is 2. The van der Waals surface area contributed by atoms with Crippen LogP contribution in [0.1, 0.15) is 12.0 Å². The van der Waals surface area contributed by atoms with Crippen molar-refractivity contribution < 1.29 is 4.79 Å². The molecular formula is C14H14N4O2. The molecule has 1 aliphatic rings. The van der Waals surface area contributed by atoms with Crippen molar-refractivity contribution in [3.8, 4) is 0 Å². The second-order valence-electron chi connectivity index (χ2n) is 4.62. The third-order valence-corrected chi connectivity index (χ3v) is 3.27. The summed E-state index contributed by atoms with van der Waals surface area (Å²) >= 11 is 0. The van der Waals surface area contributed by atoms with E-state index in [1.54, 1.807) is 4.90 Å². The first-order chi connectivity index (χ1) is 9.74. The molecule has 0 spiro atoms. The zero-order chi connectivity index (χ0) is 13.9. The molecule has 2 aromatic rings. The summed E-state index contributed by atoms with van der Waals surface area (Å²) in [6.45, 7) is 0.673. The molecule has 2 N–H and O–H groups in total. The second-order valence-corrected chi connectivity index (χ2v) is 4.62. The van der Waals surface area contributed by atoms with Gasteiger partial charge in [-0.2, -0.15) is 5.10 Å². The fraction of sp³-hybridized carbons (Fsp3) is 0.214. The lowest BCUT2D eigenvalue weighted by molar-refractivity contribution is 0.256. The highest BCUT2D eigenvalue weighted by Gasteiger charge is 2.22. The first kappa shape index (κ1) is 12.4. The van der Waals surface area contributed by atoms with Crippen LogP contribution in [0.15, 0.2) is 41.2 Å². The number of aryl methyl sites for hydroxylation is 1. The number of carbonyl (C=O) groups excluding carboxylic acids is 1. The smallest absolute Gasteiger partial charge is 0.294 e. The van der Waals surface area contributed by atoms with Crippen LogP contribution in [-0.2, 0) is 6.42 Å². The van der Waals surface area contributed by atoms with Crippen LogP contribution in [0, 0.1) is 0 Å². The van der Waals surface area contributed by atoms with E-state index in [1.165, 1.54) is 17.7 Å². The number of nitrogens with one attached hydrogen (secondary N) is 2. The van der Waals surface area contributed by atoms with Gasteiger partial charge in [0, 0.05) is 18.3 Å². The van der Waals surface area contributed by atoms with E-state index in [4.69, 9.17) is 0 Å². The number of para-hydroxylation sites is 1. The number of anilines is 2. The molecule has 1 aliphatic heterocycles. The number of nitrogens with zero attached hydrogens (tertiary/aromatic N) is 2. The van der Waals surface area contributed by atoms with Crippen LogP contribution < -0.4 is 15.8 Å². The van der Waals surface area contributed by atoms with E-state index >= 15 is 0 Å². The molecule has 0 saturated carbocycles. The molecule has 0 fully saturated rings. The minimum Gasteiger partial charge on any atom is -0.294 e. The average molecular weight is 270 g/mol. The van der Waals surface area contributed by atoms with Gasteiger partial charge in [0.2, 0.25) is 0 Å². The van der Waals surface area contributed by atoms with E-state index < -0.39 is 0 Å². The number of hydrogen-bond acceptors (Lipinski definition) is 3. The summed E-state index contributed by atoms with van der Waals surface area (Å²) < 4.78 is 0. The van der Waals surface area contributed by atoms with Crippen molar-refractivity contribution in [2.24, 2.45) is 0 Å². The van der Waals surface area contributed by atoms with Gasteiger partial charge in [-0.05, 0) is 30.5 Å². The van der Waals surface area contributed by atoms with Crippen LogP contribution in [0.2, 0.25) is 0 Å². The second kappa shape index (κ2) is 5.16. The number of aromatic amines is 1. The highest BCUT2D eigenvalue weighted by molar-refractivity contribution is 6.01. The predicted octanol–water partition coefficient (Wildman–Crippen LogP) is 1.75. The molecule has 102 valence electrons. The Morgan fingerprint density at radius 2 is 2.10 bits per heavy atom. The first-order valence-corrected chi connectivity index (χ1v) is 6.46. The summed E-state index contributed by atoms with van der Waals surface area (Å²) in [5, 5.41) is 8.75. The number of benzene rings is 1. The lowest BCUT2D eigenvalue weighted by Crippen LogP contribution is -2.39. The van der Waals surface area contributed by atoms with Gasteiger partial charge < -0.3 is 0 Å². The standard InChI is InChI=1S/C14H14N4O2/c19-13-8-7-12(16-17-13)15-14(20)18-9-3-5-10-4-1-2-6-11(10)18/h1-2,4,6-8H,3,5,9H2,(H,17,19)(H,15,16,20). The van der Waals surface area contributed by atoms with Crippen LogP contribution in [0.25, 0.3) is 0 Å². The monoisotopic (exact) mass is 270 g/mol. The summed E-state index contributed by atoms with van der Waals surface area (Å²) in [6, 6.07) is 10.4. The van der Waals surface area contributed by atoms with Crippen molar-refractivity contribution in [1.29, 1.82) is 0 Å². The van der Waals surface area contributed by atoms with Gasteiger partial charge in [0.05, 0.1) is 0 Å². The fourth-order valence-electron chi connectivity index (χ4n) is 2.34. The summed E-state index contributed by atoms with van der Waals surface area (Å²) in [6.07, 6.45) is 1.92. The van der Waals surface area contributed by atoms with Crippen LogP contribution in [0.3, 0.4) is 0 Å². The van der Waals surface area contributed by atoms with Crippen molar-refractivity contribution in [1.82, 2.24) is 10.2 Å². The molecule has 0 saturated heterocycles. The molecule has 3 rings (SSSR count). The number of H-pyrrole nitrogens is 1. The number of aromatic nitrogens is 2. The molecule has 6 heteroatoms. The van der Waals surface area contributed by atoms with Crippen molar-refractivity contribution >= 4 is 17.5 Å². The van der Waals surface area contributed by atoms with Gasteiger partial charge in [-0.15, -0.1) is 0 Å². The normalized spacial score (nSPS) is 13.7. The van der Waals surface area contributed by atoms with Crippen molar-refractivity contribution in [2.45, 2.75) is 12.8 Å². The maximum atomic E-state index is 12.3. The largest absolute Gasteiger partial charge is 0.327 e. The van der Waals surface area contributed by atoms with Gasteiger partial charge in [-0.3, -0.25) is 15.0 Å². The number of hydrogen-bond donors (Lipinski definition) is 2. The van der Waals surface area contributed by atoms with Crippen LogP contribution in [0.4, 0.5) is 16.3 Å². The highest BCUT2D eigenvalue weighted by Crippen LogP contribution is 2.26. The van der Waals surface area contributed by atoms with Gasteiger partial charge in [0.15, 0.2) is 5.82 Å². The van der Waals surface area contributed by atoms with Gasteiger partial charge in [0.1, 0.15) is 0 Å². The first-order valence-electron chi connectivity index (χ1n) is 6.46. The Labute approximate surface area is 115 Å². The van der Waals surface area contributed by atoms with Gasteiger partial charge in [-0.1, -0.05) is 18.2 Å². The van der Waals surface area contributed by atoms with Gasteiger partial charge >= 0.3 is 6.03 Å². The minimum atomic E-state index is -0.300. The molecule has 2 heterocycles. The van der Waals surface area contributed by atoms with E-state index in [0.717, 1.165) is 18.5 Å². The fourth-order valence-corrected chi connectivity index (χ4v) is 2.34. The SMILES string of the molecule is O=C(Nc1ccc(=O)[nH]n1)N1CCCc2ccccc21. The Hall–Kier alpha value is -2.63. The molecule has 20 heavy (non-hydrogen) atoms. The Morgan fingerprint density at radius 1 is 1.25 bits per heavy atom. The maximum absolute atomic E-state index is 12.3. The number of rotatable bonds is 1. The number of carbonyl (C=O) groups is 1. The molecule has 0 radical (unpaired) electrons. The Kier molecular flexibility index (Phi) is 3.20. The lowest BCUT2D eigenvalue weighted by atomic mass is 10.0. The molecule has 1 aromatic carbocycles. The van der Waals surface area contributed by atoms with Crippen molar-refractivity contribution in [3.05, 3.63) is 52.3 Å². The quantitative estimate of drug-likeness (QED) is 0.828. The molecule has 2 amide bonds. The highest BCUT2D eigenvalue weighted by atomic mass is 16.2. The Morgan fingerprint density at radius 3 is 2.90 bits per heavy atom. The van der Waals surface area contributed by atoms with E-state index in [1.807, 2.05) is 24.3 Å². The van der Waals surface area contributed by atoms with Crippen molar-refractivity contribution in [2.75, 3.05) is 16.8 Å². The minimum absolute atomic E-state index is 0.239. The van der Waals surface area contributed by atoms with Gasteiger partial charge in [-0.25, -0.2) is 9.89 Å². The summed E-state index contributed by atoms with van der Waals surface area (Å²) in [5.74, 6) is 0.331. The molecule has 0 unspecified atom stereocenters. The molecule has 1 aromatic heterocycles. The third kappa shape index (κ3) is 2.40. The van der Waals surface area contributed by atoms with Gasteiger partial charge in [0.25, 0.3) is 5.56 Å². The van der Waals surface area contributed by atoms with Crippen LogP contribution in [-0.4, -0.2) is 22.8 Å². The van der Waals surface area contributed by atoms with Crippen LogP contribution in [0.5, 0.6) is 0 Å². The van der Waals surface area contributed by atoms with E-state index in [-0.39, 0.29) is 11.6 Å². The third-order valence-electron chi connectivity index (χ3n) is 3.27. The Balaban J connectivity index is 1.81. The predicted molar refractivity (Wildman–Crippen MR) is 76.0 cm³/mol. The maximum Gasteiger partial charge on any atom is 0.327 e. The van der Waals surface area contributed by atoms with E-state index in [0.29, 0.717) is 12.4 Å². The molecule has 6 nitrogen and oxygen atoms in total. The summed E-state index contributed by atoms with van der Waals surface area (Å²) in [7, 11) is 0. The van der Waals surface area contributed by atoms with E-state index in [2.05, 4.69) is 15.5 Å². The van der Waals surface area contributed by atoms with Crippen LogP contribution >= 0.6 is 0 Å². The molecular weight excluding hydrogens is 256 g/mol. The number of urea groups is 1. The molecule has 0 bridgehead atoms. The summed E-state index contributed by atoms with van der Waals surface area (Å²) in [5.41, 5.74) is 1.80. The lowest BCUT2D eigenvalue weighted by Gasteiger charge is -2.29. The zero-order valence-corrected chi connectivity index (χ0v) is 10.8. The van der Waals surface area contributed by atoms with E-state index in [9.17, 15) is 9.59 Å². The topological polar surface area (TPSA) is 78.1 Å². The molecule has 0 atom stereocenters. The van der Waals surface area contributed by atoms with Crippen molar-refractivity contribution in [3.63, 3.8) is 0 Å². The zero-order valence-electron chi connectivity index (χ0n) is 10.8. The number of fused-ring (bicyclic) bond motifs is 1. The molecule has 0 aliphatic carbocycles. The summed E-state index contributed by atoms with van der Waals surface area (Å²) in [4.78, 5) is 24.9. The average Bonchev–Trinajstić information content (AvgIpc) is 2.49.